The van der Waals surface area contributed by atoms with E-state index in [1.165, 1.54) is 114 Å². The lowest BCUT2D eigenvalue weighted by atomic mass is 10.0. The number of hydrogen-bond donors (Lipinski definition) is 2. The summed E-state index contributed by atoms with van der Waals surface area (Å²) in [4.78, 5) is 0. The van der Waals surface area contributed by atoms with Gasteiger partial charge in [0.1, 0.15) is 5.75 Å². The molecule has 0 bridgehead atoms. The van der Waals surface area contributed by atoms with Crippen LogP contribution in [-0.2, 0) is 6.42 Å². The number of aryl methyl sites for hydroxylation is 1. The Morgan fingerprint density at radius 3 is 1.56 bits per heavy atom. The van der Waals surface area contributed by atoms with Gasteiger partial charge < -0.3 is 10.4 Å². The molecule has 0 aromatic heterocycles. The van der Waals surface area contributed by atoms with E-state index in [9.17, 15) is 5.11 Å². The number of nitrogens with one attached hydrogen (secondary N) is 1. The van der Waals surface area contributed by atoms with Crippen molar-refractivity contribution in [2.75, 3.05) is 5.32 Å². The van der Waals surface area contributed by atoms with E-state index in [4.69, 9.17) is 0 Å². The molecule has 0 unspecified atom stereocenters. The Hall–Kier alpha value is -1.96. The SMILES string of the molecule is CCCCCCCCCCCCCCCCCCc1ccccc1Nc1ccc(O)cc1. The van der Waals surface area contributed by atoms with E-state index >= 15 is 0 Å². The summed E-state index contributed by atoms with van der Waals surface area (Å²) in [5.74, 6) is 0.303. The van der Waals surface area contributed by atoms with Gasteiger partial charge in [0.25, 0.3) is 0 Å². The van der Waals surface area contributed by atoms with Crippen molar-refractivity contribution in [3.8, 4) is 5.75 Å². The van der Waals surface area contributed by atoms with E-state index in [0.717, 1.165) is 12.1 Å². The van der Waals surface area contributed by atoms with Crippen LogP contribution in [0.2, 0.25) is 0 Å². The Bertz CT molecular complexity index is 694. The van der Waals surface area contributed by atoms with Gasteiger partial charge in [0.2, 0.25) is 0 Å². The van der Waals surface area contributed by atoms with Crippen LogP contribution in [-0.4, -0.2) is 5.11 Å². The van der Waals surface area contributed by atoms with Crippen LogP contribution in [0.1, 0.15) is 115 Å². The highest BCUT2D eigenvalue weighted by Gasteiger charge is 2.03. The second-order valence-electron chi connectivity index (χ2n) is 9.38. The highest BCUT2D eigenvalue weighted by molar-refractivity contribution is 5.63. The standard InChI is InChI=1S/C30H47NO/c1-2-3-4-5-6-7-8-9-10-11-12-13-14-15-16-17-20-27-21-18-19-22-30(27)31-28-23-25-29(32)26-24-28/h18-19,21-26,31-32H,2-17,20H2,1H3. The van der Waals surface area contributed by atoms with E-state index < -0.39 is 0 Å². The molecule has 0 saturated carbocycles. The Labute approximate surface area is 197 Å². The molecule has 0 atom stereocenters. The highest BCUT2D eigenvalue weighted by Crippen LogP contribution is 2.24. The first-order valence-electron chi connectivity index (χ1n) is 13.4. The quantitative estimate of drug-likeness (QED) is 0.169. The van der Waals surface area contributed by atoms with Gasteiger partial charge in [-0.3, -0.25) is 0 Å². The molecule has 0 aliphatic heterocycles. The minimum atomic E-state index is 0.303. The maximum Gasteiger partial charge on any atom is 0.115 e. The molecular formula is C30H47NO. The molecule has 2 aromatic rings. The molecule has 178 valence electrons. The zero-order valence-electron chi connectivity index (χ0n) is 20.6. The summed E-state index contributed by atoms with van der Waals surface area (Å²) >= 11 is 0. The van der Waals surface area contributed by atoms with Gasteiger partial charge in [0.15, 0.2) is 0 Å². The number of rotatable bonds is 19. The average Bonchev–Trinajstić information content (AvgIpc) is 2.81. The first-order chi connectivity index (χ1) is 15.8. The molecule has 0 fully saturated rings. The second-order valence-corrected chi connectivity index (χ2v) is 9.38. The van der Waals surface area contributed by atoms with E-state index in [0.29, 0.717) is 5.75 Å². The Morgan fingerprint density at radius 2 is 1.03 bits per heavy atom. The van der Waals surface area contributed by atoms with Gasteiger partial charge in [-0.1, -0.05) is 121 Å². The summed E-state index contributed by atoms with van der Waals surface area (Å²) < 4.78 is 0. The molecule has 0 aliphatic carbocycles. The normalized spacial score (nSPS) is 11.0. The molecule has 2 heteroatoms. The summed E-state index contributed by atoms with van der Waals surface area (Å²) in [7, 11) is 0. The molecule has 0 saturated heterocycles. The molecule has 2 rings (SSSR count). The second kappa shape index (κ2) is 17.6. The summed E-state index contributed by atoms with van der Waals surface area (Å²) in [6.07, 6.45) is 23.7. The number of unbranched alkanes of at least 4 members (excludes halogenated alkanes) is 15. The van der Waals surface area contributed by atoms with Crippen LogP contribution in [0.4, 0.5) is 11.4 Å². The van der Waals surface area contributed by atoms with Crippen LogP contribution in [0.25, 0.3) is 0 Å². The third-order valence-electron chi connectivity index (χ3n) is 6.46. The van der Waals surface area contributed by atoms with Crippen molar-refractivity contribution in [1.29, 1.82) is 0 Å². The van der Waals surface area contributed by atoms with Gasteiger partial charge in [-0.05, 0) is 48.7 Å². The summed E-state index contributed by atoms with van der Waals surface area (Å²) in [5, 5.41) is 13.0. The molecule has 0 heterocycles. The molecule has 2 nitrogen and oxygen atoms in total. The third-order valence-corrected chi connectivity index (χ3v) is 6.46. The van der Waals surface area contributed by atoms with Crippen molar-refractivity contribution in [2.24, 2.45) is 0 Å². The van der Waals surface area contributed by atoms with Gasteiger partial charge in [0.05, 0.1) is 0 Å². The van der Waals surface area contributed by atoms with Crippen LogP contribution in [0.3, 0.4) is 0 Å². The molecule has 32 heavy (non-hydrogen) atoms. The molecule has 0 spiro atoms. The van der Waals surface area contributed by atoms with Crippen molar-refractivity contribution in [2.45, 2.75) is 116 Å². The van der Waals surface area contributed by atoms with Crippen LogP contribution < -0.4 is 5.32 Å². The van der Waals surface area contributed by atoms with Crippen molar-refractivity contribution < 1.29 is 5.11 Å². The summed E-state index contributed by atoms with van der Waals surface area (Å²) in [6, 6.07) is 15.9. The van der Waals surface area contributed by atoms with Gasteiger partial charge in [-0.25, -0.2) is 0 Å². The number of phenolic OH excluding ortho intramolecular Hbond substituents is 1. The van der Waals surface area contributed by atoms with Crippen molar-refractivity contribution in [1.82, 2.24) is 0 Å². The van der Waals surface area contributed by atoms with Crippen molar-refractivity contribution in [3.05, 3.63) is 54.1 Å². The fourth-order valence-electron chi connectivity index (χ4n) is 4.42. The zero-order chi connectivity index (χ0) is 22.7. The largest absolute Gasteiger partial charge is 0.508 e. The van der Waals surface area contributed by atoms with Gasteiger partial charge in [-0.2, -0.15) is 0 Å². The lowest BCUT2D eigenvalue weighted by Crippen LogP contribution is -1.96. The molecule has 2 aromatic carbocycles. The number of aromatic hydroxyl groups is 1. The van der Waals surface area contributed by atoms with E-state index in [2.05, 4.69) is 36.5 Å². The smallest absolute Gasteiger partial charge is 0.115 e. The third kappa shape index (κ3) is 12.2. The number of anilines is 2. The Balaban J connectivity index is 1.45. The Morgan fingerprint density at radius 1 is 0.562 bits per heavy atom. The van der Waals surface area contributed by atoms with Crippen LogP contribution >= 0.6 is 0 Å². The fourth-order valence-corrected chi connectivity index (χ4v) is 4.42. The summed E-state index contributed by atoms with van der Waals surface area (Å²) in [5.41, 5.74) is 3.58. The highest BCUT2D eigenvalue weighted by atomic mass is 16.3. The Kier molecular flexibility index (Phi) is 14.4. The van der Waals surface area contributed by atoms with Gasteiger partial charge >= 0.3 is 0 Å². The number of phenols is 1. The lowest BCUT2D eigenvalue weighted by molar-refractivity contribution is 0.475. The van der Waals surface area contributed by atoms with E-state index in [1.54, 1.807) is 12.1 Å². The number of para-hydroxylation sites is 1. The van der Waals surface area contributed by atoms with Crippen molar-refractivity contribution in [3.63, 3.8) is 0 Å². The van der Waals surface area contributed by atoms with Crippen LogP contribution in [0.15, 0.2) is 48.5 Å². The first kappa shape index (κ1) is 26.3. The van der Waals surface area contributed by atoms with E-state index in [1.807, 2.05) is 12.1 Å². The predicted octanol–water partition coefficient (Wildman–Crippen LogP) is 9.94. The average molecular weight is 438 g/mol. The molecule has 2 N–H and O–H groups in total. The van der Waals surface area contributed by atoms with Crippen LogP contribution in [0, 0.1) is 0 Å². The monoisotopic (exact) mass is 437 g/mol. The molecule has 0 radical (unpaired) electrons. The zero-order valence-corrected chi connectivity index (χ0v) is 20.6. The maximum absolute atomic E-state index is 9.46. The van der Waals surface area contributed by atoms with E-state index in [-0.39, 0.29) is 0 Å². The predicted molar refractivity (Wildman–Crippen MR) is 141 cm³/mol. The molecule has 0 amide bonds. The number of hydrogen-bond acceptors (Lipinski definition) is 2. The maximum atomic E-state index is 9.46. The fraction of sp³-hybridized carbons (Fsp3) is 0.600. The van der Waals surface area contributed by atoms with Crippen LogP contribution in [0.5, 0.6) is 5.75 Å². The summed E-state index contributed by atoms with van der Waals surface area (Å²) in [6.45, 7) is 2.29. The molecule has 0 aliphatic rings. The van der Waals surface area contributed by atoms with Gasteiger partial charge in [0, 0.05) is 11.4 Å². The first-order valence-corrected chi connectivity index (χ1v) is 13.4. The minimum Gasteiger partial charge on any atom is -0.508 e. The topological polar surface area (TPSA) is 32.3 Å². The lowest BCUT2D eigenvalue weighted by Gasteiger charge is -2.12. The number of benzene rings is 2. The van der Waals surface area contributed by atoms with Gasteiger partial charge in [-0.15, -0.1) is 0 Å². The minimum absolute atomic E-state index is 0.303. The molecular weight excluding hydrogens is 390 g/mol. The van der Waals surface area contributed by atoms with Crippen molar-refractivity contribution >= 4 is 11.4 Å².